The van der Waals surface area contributed by atoms with Crippen LogP contribution in [-0.4, -0.2) is 37.2 Å². The number of nitrogens with zero attached hydrogens (tertiary/aromatic N) is 1. The molecule has 0 spiro atoms. The van der Waals surface area contributed by atoms with Gasteiger partial charge >= 0.3 is 6.09 Å². The number of nitrogen functional groups attached to an aromatic ring is 1. The van der Waals surface area contributed by atoms with Crippen LogP contribution in [0.15, 0.2) is 30.3 Å². The van der Waals surface area contributed by atoms with Crippen molar-refractivity contribution >= 4 is 40.1 Å². The van der Waals surface area contributed by atoms with Crippen LogP contribution in [0.2, 0.25) is 0 Å². The van der Waals surface area contributed by atoms with E-state index in [1.165, 1.54) is 17.4 Å². The number of anilines is 2. The average Bonchev–Trinajstić information content (AvgIpc) is 3.01. The summed E-state index contributed by atoms with van der Waals surface area (Å²) in [6.07, 6.45) is 3.45. The largest absolute Gasteiger partial charge is 0.496 e. The van der Waals surface area contributed by atoms with Gasteiger partial charge in [0, 0.05) is 23.1 Å². The van der Waals surface area contributed by atoms with Crippen LogP contribution in [0.25, 0.3) is 6.08 Å². The van der Waals surface area contributed by atoms with Gasteiger partial charge < -0.3 is 25.4 Å². The molecule has 7 nitrogen and oxygen atoms in total. The number of carbonyl (C=O) groups excluding carboxylic acids is 2. The first-order valence-corrected chi connectivity index (χ1v) is 9.79. The van der Waals surface area contributed by atoms with E-state index in [1.54, 1.807) is 25.0 Å². The summed E-state index contributed by atoms with van der Waals surface area (Å²) in [5, 5.41) is 3.44. The number of nitrogens with two attached hydrogens (primary N) is 1. The Bertz CT molecular complexity index is 907. The molecular weight excluding hydrogens is 378 g/mol. The maximum absolute atomic E-state index is 12.3. The number of ether oxygens (including phenoxy) is 2. The molecule has 1 aromatic carbocycles. The number of carbonyl (C=O) groups is 2. The third-order valence-electron chi connectivity index (χ3n) is 4.41. The Labute approximate surface area is 167 Å². The summed E-state index contributed by atoms with van der Waals surface area (Å²) in [4.78, 5) is 26.9. The van der Waals surface area contributed by atoms with Gasteiger partial charge in [0.1, 0.15) is 10.8 Å². The maximum atomic E-state index is 12.3. The molecule has 0 aliphatic carbocycles. The summed E-state index contributed by atoms with van der Waals surface area (Å²) < 4.78 is 10.3. The zero-order chi connectivity index (χ0) is 20.1. The standard InChI is InChI=1S/C20H23N3O4S/c1-3-27-20(25)23-11-10-14-16(12-23)28-19(18(14)21)22-17(24)9-8-13-6-4-5-7-15(13)26-2/h4-9H,3,10-12,21H2,1-2H3,(H,22,24)/b9-8+. The van der Waals surface area contributed by atoms with Crippen LogP contribution in [-0.2, 0) is 22.5 Å². The summed E-state index contributed by atoms with van der Waals surface area (Å²) in [5.41, 5.74) is 8.60. The van der Waals surface area contributed by atoms with Crippen molar-refractivity contribution in [2.45, 2.75) is 19.9 Å². The molecule has 0 unspecified atom stereocenters. The Kier molecular flexibility index (Phi) is 6.20. The van der Waals surface area contributed by atoms with Crippen molar-refractivity contribution in [3.05, 3.63) is 46.3 Å². The number of para-hydroxylation sites is 1. The van der Waals surface area contributed by atoms with E-state index in [0.29, 0.717) is 42.6 Å². The van der Waals surface area contributed by atoms with E-state index in [2.05, 4.69) is 5.32 Å². The van der Waals surface area contributed by atoms with Crippen molar-refractivity contribution in [2.24, 2.45) is 0 Å². The Morgan fingerprint density at radius 1 is 1.36 bits per heavy atom. The molecule has 148 valence electrons. The topological polar surface area (TPSA) is 93.9 Å². The second kappa shape index (κ2) is 8.79. The molecule has 1 aliphatic rings. The van der Waals surface area contributed by atoms with Gasteiger partial charge in [-0.1, -0.05) is 18.2 Å². The van der Waals surface area contributed by atoms with Gasteiger partial charge in [0.15, 0.2) is 0 Å². The van der Waals surface area contributed by atoms with E-state index in [-0.39, 0.29) is 12.0 Å². The highest BCUT2D eigenvalue weighted by atomic mass is 32.1. The smallest absolute Gasteiger partial charge is 0.410 e. The van der Waals surface area contributed by atoms with Gasteiger partial charge in [-0.2, -0.15) is 0 Å². The summed E-state index contributed by atoms with van der Waals surface area (Å²) in [6.45, 7) is 3.11. The van der Waals surface area contributed by atoms with Crippen LogP contribution in [0, 0.1) is 0 Å². The zero-order valence-electron chi connectivity index (χ0n) is 15.9. The van der Waals surface area contributed by atoms with Gasteiger partial charge in [-0.05, 0) is 31.1 Å². The molecule has 28 heavy (non-hydrogen) atoms. The number of hydrogen-bond acceptors (Lipinski definition) is 6. The molecule has 2 amide bonds. The number of benzene rings is 1. The predicted molar refractivity (Wildman–Crippen MR) is 111 cm³/mol. The predicted octanol–water partition coefficient (Wildman–Crippen LogP) is 3.51. The van der Waals surface area contributed by atoms with Gasteiger partial charge in [-0.15, -0.1) is 11.3 Å². The van der Waals surface area contributed by atoms with E-state index in [0.717, 1.165) is 16.0 Å². The fourth-order valence-corrected chi connectivity index (χ4v) is 4.20. The second-order valence-electron chi connectivity index (χ2n) is 6.18. The fourth-order valence-electron chi connectivity index (χ4n) is 3.01. The van der Waals surface area contributed by atoms with E-state index in [4.69, 9.17) is 15.2 Å². The maximum Gasteiger partial charge on any atom is 0.410 e. The first kappa shape index (κ1) is 19.8. The molecule has 3 N–H and O–H groups in total. The molecule has 8 heteroatoms. The van der Waals surface area contributed by atoms with Crippen LogP contribution >= 0.6 is 11.3 Å². The lowest BCUT2D eigenvalue weighted by Crippen LogP contribution is -2.35. The monoisotopic (exact) mass is 401 g/mol. The number of fused-ring (bicyclic) bond motifs is 1. The van der Waals surface area contributed by atoms with Crippen molar-refractivity contribution < 1.29 is 19.1 Å². The molecule has 0 saturated heterocycles. The summed E-state index contributed by atoms with van der Waals surface area (Å²) in [5.74, 6) is 0.412. The minimum Gasteiger partial charge on any atom is -0.496 e. The van der Waals surface area contributed by atoms with E-state index < -0.39 is 0 Å². The lowest BCUT2D eigenvalue weighted by atomic mass is 10.1. The van der Waals surface area contributed by atoms with Crippen LogP contribution in [0.1, 0.15) is 22.9 Å². The first-order chi connectivity index (χ1) is 13.5. The number of thiophene rings is 1. The highest BCUT2D eigenvalue weighted by molar-refractivity contribution is 7.17. The van der Waals surface area contributed by atoms with Crippen molar-refractivity contribution in [3.8, 4) is 5.75 Å². The van der Waals surface area contributed by atoms with E-state index >= 15 is 0 Å². The van der Waals surface area contributed by atoms with Crippen LogP contribution in [0.3, 0.4) is 0 Å². The van der Waals surface area contributed by atoms with E-state index in [1.807, 2.05) is 24.3 Å². The van der Waals surface area contributed by atoms with Crippen molar-refractivity contribution in [3.63, 3.8) is 0 Å². The Morgan fingerprint density at radius 3 is 2.89 bits per heavy atom. The number of rotatable bonds is 5. The molecule has 0 bridgehead atoms. The number of amides is 2. The van der Waals surface area contributed by atoms with E-state index in [9.17, 15) is 9.59 Å². The Hall–Kier alpha value is -3.00. The van der Waals surface area contributed by atoms with Crippen LogP contribution < -0.4 is 15.8 Å². The zero-order valence-corrected chi connectivity index (χ0v) is 16.7. The highest BCUT2D eigenvalue weighted by Gasteiger charge is 2.26. The van der Waals surface area contributed by atoms with Crippen LogP contribution in [0.5, 0.6) is 5.75 Å². The SMILES string of the molecule is CCOC(=O)N1CCc2c(sc(NC(=O)/C=C/c3ccccc3OC)c2N)C1. The second-order valence-corrected chi connectivity index (χ2v) is 7.29. The minimum atomic E-state index is -0.328. The molecule has 1 aromatic heterocycles. The molecule has 2 heterocycles. The first-order valence-electron chi connectivity index (χ1n) is 8.97. The molecule has 2 aromatic rings. The highest BCUT2D eigenvalue weighted by Crippen LogP contribution is 2.39. The summed E-state index contributed by atoms with van der Waals surface area (Å²) in [6, 6.07) is 7.44. The molecule has 0 saturated carbocycles. The number of nitrogens with one attached hydrogen (secondary N) is 1. The van der Waals surface area contributed by atoms with Gasteiger partial charge in [0.2, 0.25) is 5.91 Å². The molecule has 3 rings (SSSR count). The number of methoxy groups -OCH3 is 1. The van der Waals surface area contributed by atoms with Crippen LogP contribution in [0.4, 0.5) is 15.5 Å². The fraction of sp³-hybridized carbons (Fsp3) is 0.300. The van der Waals surface area contributed by atoms with Crippen molar-refractivity contribution in [1.82, 2.24) is 4.90 Å². The minimum absolute atomic E-state index is 0.279. The lowest BCUT2D eigenvalue weighted by molar-refractivity contribution is -0.111. The third kappa shape index (κ3) is 4.28. The van der Waals surface area contributed by atoms with Gasteiger partial charge in [-0.3, -0.25) is 4.79 Å². The molecule has 1 aliphatic heterocycles. The van der Waals surface area contributed by atoms with Gasteiger partial charge in [-0.25, -0.2) is 4.79 Å². The average molecular weight is 401 g/mol. The Morgan fingerprint density at radius 2 is 2.14 bits per heavy atom. The van der Waals surface area contributed by atoms with Crippen molar-refractivity contribution in [2.75, 3.05) is 31.3 Å². The van der Waals surface area contributed by atoms with Crippen molar-refractivity contribution in [1.29, 1.82) is 0 Å². The summed E-state index contributed by atoms with van der Waals surface area (Å²) >= 11 is 1.39. The quantitative estimate of drug-likeness (QED) is 0.748. The number of hydrogen-bond donors (Lipinski definition) is 2. The van der Waals surface area contributed by atoms with Gasteiger partial charge in [0.05, 0.1) is 25.9 Å². The molecule has 0 radical (unpaired) electrons. The molecular formula is C20H23N3O4S. The molecule has 0 atom stereocenters. The summed E-state index contributed by atoms with van der Waals surface area (Å²) in [7, 11) is 1.59. The molecule has 0 fully saturated rings. The lowest BCUT2D eigenvalue weighted by Gasteiger charge is -2.26. The Balaban J connectivity index is 1.69. The van der Waals surface area contributed by atoms with Gasteiger partial charge in [0.25, 0.3) is 0 Å². The normalized spacial score (nSPS) is 13.3. The third-order valence-corrected chi connectivity index (χ3v) is 5.56.